The number of carbonyl (C=O) groups excluding carboxylic acids is 2. The van der Waals surface area contributed by atoms with Gasteiger partial charge in [0.2, 0.25) is 0 Å². The third-order valence-corrected chi connectivity index (χ3v) is 4.85. The second-order valence-corrected chi connectivity index (χ2v) is 6.95. The maximum absolute atomic E-state index is 12.8. The van der Waals surface area contributed by atoms with Crippen molar-refractivity contribution in [1.29, 1.82) is 5.26 Å². The summed E-state index contributed by atoms with van der Waals surface area (Å²) in [6.07, 6.45) is 5.73. The standard InChI is InChI=1S/C21H25N5O2/c1-2-3-5-11-23-21(28)19-25-18(17-10-4-6-12-26(17)19)20(27)24-16-9-7-8-15(13-16)14-22/h7-9,13H,2-6,10-12H2,1H3,(H,23,28)(H,24,27). The van der Waals surface area contributed by atoms with Crippen LogP contribution in [0.3, 0.4) is 0 Å². The number of fused-ring (bicyclic) bond motifs is 1. The van der Waals surface area contributed by atoms with Crippen LogP contribution in [0.5, 0.6) is 0 Å². The van der Waals surface area contributed by atoms with Crippen LogP contribution in [-0.2, 0) is 13.0 Å². The normalized spacial score (nSPS) is 12.7. The molecule has 0 spiro atoms. The average molecular weight is 379 g/mol. The molecule has 0 aliphatic carbocycles. The zero-order valence-electron chi connectivity index (χ0n) is 16.1. The van der Waals surface area contributed by atoms with Crippen LogP contribution in [0, 0.1) is 11.3 Å². The van der Waals surface area contributed by atoms with E-state index in [9.17, 15) is 9.59 Å². The summed E-state index contributed by atoms with van der Waals surface area (Å²) in [5.41, 5.74) is 2.10. The first kappa shape index (κ1) is 19.6. The fourth-order valence-electron chi connectivity index (χ4n) is 3.41. The zero-order chi connectivity index (χ0) is 19.9. The van der Waals surface area contributed by atoms with Crippen molar-refractivity contribution >= 4 is 17.5 Å². The van der Waals surface area contributed by atoms with Crippen molar-refractivity contribution in [2.45, 2.75) is 52.0 Å². The van der Waals surface area contributed by atoms with E-state index >= 15 is 0 Å². The minimum absolute atomic E-state index is 0.232. The Morgan fingerprint density at radius 3 is 2.89 bits per heavy atom. The number of nitrogens with one attached hydrogen (secondary N) is 2. The summed E-state index contributed by atoms with van der Waals surface area (Å²) in [4.78, 5) is 29.8. The zero-order valence-corrected chi connectivity index (χ0v) is 16.1. The molecule has 28 heavy (non-hydrogen) atoms. The van der Waals surface area contributed by atoms with E-state index in [1.165, 1.54) is 0 Å². The Balaban J connectivity index is 1.80. The quantitative estimate of drug-likeness (QED) is 0.721. The molecule has 7 nitrogen and oxygen atoms in total. The van der Waals surface area contributed by atoms with E-state index in [1.54, 1.807) is 24.3 Å². The molecule has 0 radical (unpaired) electrons. The molecule has 146 valence electrons. The van der Waals surface area contributed by atoms with E-state index in [0.717, 1.165) is 44.2 Å². The number of nitriles is 1. The van der Waals surface area contributed by atoms with Gasteiger partial charge in [0.05, 0.1) is 17.3 Å². The van der Waals surface area contributed by atoms with Crippen molar-refractivity contribution in [3.8, 4) is 6.07 Å². The third kappa shape index (κ3) is 4.39. The van der Waals surface area contributed by atoms with Gasteiger partial charge in [0.25, 0.3) is 11.8 Å². The van der Waals surface area contributed by atoms with Crippen molar-refractivity contribution in [2.24, 2.45) is 0 Å². The number of amides is 2. The van der Waals surface area contributed by atoms with Gasteiger partial charge in [-0.3, -0.25) is 9.59 Å². The molecule has 0 bridgehead atoms. The highest BCUT2D eigenvalue weighted by Gasteiger charge is 2.27. The Morgan fingerprint density at radius 2 is 2.11 bits per heavy atom. The Bertz CT molecular complexity index is 910. The molecule has 1 aliphatic heterocycles. The minimum atomic E-state index is -0.356. The Hall–Kier alpha value is -3.14. The Labute approximate surface area is 164 Å². The highest BCUT2D eigenvalue weighted by atomic mass is 16.2. The second-order valence-electron chi connectivity index (χ2n) is 6.95. The van der Waals surface area contributed by atoms with Gasteiger partial charge in [-0.15, -0.1) is 0 Å². The SMILES string of the molecule is CCCCCNC(=O)c1nc(C(=O)Nc2cccc(C#N)c2)c2n1CCCC2. The predicted octanol–water partition coefficient (Wildman–Crippen LogP) is 3.26. The van der Waals surface area contributed by atoms with Crippen LogP contribution < -0.4 is 10.6 Å². The number of aromatic nitrogens is 2. The monoisotopic (exact) mass is 379 g/mol. The van der Waals surface area contributed by atoms with Crippen LogP contribution in [0.25, 0.3) is 0 Å². The molecule has 0 saturated heterocycles. The summed E-state index contributed by atoms with van der Waals surface area (Å²) in [6, 6.07) is 8.78. The van der Waals surface area contributed by atoms with Crippen LogP contribution in [0.15, 0.2) is 24.3 Å². The first-order valence-electron chi connectivity index (χ1n) is 9.83. The average Bonchev–Trinajstić information content (AvgIpc) is 3.11. The number of benzene rings is 1. The van der Waals surface area contributed by atoms with Crippen molar-refractivity contribution in [3.63, 3.8) is 0 Å². The molecule has 2 aromatic rings. The molecule has 0 unspecified atom stereocenters. The third-order valence-electron chi connectivity index (χ3n) is 4.85. The maximum atomic E-state index is 12.8. The highest BCUT2D eigenvalue weighted by molar-refractivity contribution is 6.05. The van der Waals surface area contributed by atoms with Gasteiger partial charge in [-0.2, -0.15) is 5.26 Å². The van der Waals surface area contributed by atoms with Gasteiger partial charge in [0.15, 0.2) is 11.5 Å². The van der Waals surface area contributed by atoms with E-state index < -0.39 is 0 Å². The summed E-state index contributed by atoms with van der Waals surface area (Å²) in [7, 11) is 0. The smallest absolute Gasteiger partial charge is 0.287 e. The molecule has 1 aliphatic rings. The fourth-order valence-corrected chi connectivity index (χ4v) is 3.41. The molecule has 7 heteroatoms. The Morgan fingerprint density at radius 1 is 1.25 bits per heavy atom. The van der Waals surface area contributed by atoms with Gasteiger partial charge in [-0.25, -0.2) is 4.98 Å². The fraction of sp³-hybridized carbons (Fsp3) is 0.429. The minimum Gasteiger partial charge on any atom is -0.349 e. The van der Waals surface area contributed by atoms with E-state index in [1.807, 2.05) is 4.57 Å². The van der Waals surface area contributed by atoms with E-state index in [-0.39, 0.29) is 11.8 Å². The van der Waals surface area contributed by atoms with Gasteiger partial charge in [-0.05, 0) is 43.9 Å². The van der Waals surface area contributed by atoms with Crippen LogP contribution in [0.4, 0.5) is 5.69 Å². The predicted molar refractivity (Wildman–Crippen MR) is 106 cm³/mol. The second kappa shape index (κ2) is 9.18. The first-order valence-corrected chi connectivity index (χ1v) is 9.83. The topological polar surface area (TPSA) is 99.8 Å². The summed E-state index contributed by atoms with van der Waals surface area (Å²) in [6.45, 7) is 3.42. The molecular formula is C21H25N5O2. The Kier molecular flexibility index (Phi) is 6.43. The molecular weight excluding hydrogens is 354 g/mol. The van der Waals surface area contributed by atoms with Gasteiger partial charge < -0.3 is 15.2 Å². The molecule has 3 rings (SSSR count). The number of nitrogens with zero attached hydrogens (tertiary/aromatic N) is 3. The number of anilines is 1. The number of carbonyl (C=O) groups is 2. The molecule has 0 saturated carbocycles. The van der Waals surface area contributed by atoms with Crippen LogP contribution in [0.1, 0.15) is 71.4 Å². The largest absolute Gasteiger partial charge is 0.349 e. The van der Waals surface area contributed by atoms with E-state index in [2.05, 4.69) is 28.6 Å². The summed E-state index contributed by atoms with van der Waals surface area (Å²) in [5.74, 6) is -0.280. The van der Waals surface area contributed by atoms with Crippen molar-refractivity contribution in [3.05, 3.63) is 47.0 Å². The lowest BCUT2D eigenvalue weighted by atomic mass is 10.1. The van der Waals surface area contributed by atoms with Crippen molar-refractivity contribution < 1.29 is 9.59 Å². The van der Waals surface area contributed by atoms with Gasteiger partial charge in [0.1, 0.15) is 0 Å². The van der Waals surface area contributed by atoms with Crippen molar-refractivity contribution in [1.82, 2.24) is 14.9 Å². The number of hydrogen-bond donors (Lipinski definition) is 2. The number of imidazole rings is 1. The van der Waals surface area contributed by atoms with E-state index in [0.29, 0.717) is 35.9 Å². The molecule has 0 fully saturated rings. The lowest BCUT2D eigenvalue weighted by Crippen LogP contribution is -2.28. The van der Waals surface area contributed by atoms with Crippen LogP contribution >= 0.6 is 0 Å². The molecule has 2 heterocycles. The molecule has 2 N–H and O–H groups in total. The van der Waals surface area contributed by atoms with Gasteiger partial charge in [0, 0.05) is 18.8 Å². The lowest BCUT2D eigenvalue weighted by Gasteiger charge is -2.17. The van der Waals surface area contributed by atoms with Crippen LogP contribution in [-0.4, -0.2) is 27.9 Å². The van der Waals surface area contributed by atoms with Crippen LogP contribution in [0.2, 0.25) is 0 Å². The van der Waals surface area contributed by atoms with Gasteiger partial charge >= 0.3 is 0 Å². The lowest BCUT2D eigenvalue weighted by molar-refractivity contribution is 0.0937. The van der Waals surface area contributed by atoms with Crippen molar-refractivity contribution in [2.75, 3.05) is 11.9 Å². The number of hydrogen-bond acceptors (Lipinski definition) is 4. The summed E-state index contributed by atoms with van der Waals surface area (Å²) >= 11 is 0. The first-order chi connectivity index (χ1) is 13.6. The maximum Gasteiger partial charge on any atom is 0.287 e. The number of unbranched alkanes of at least 4 members (excludes halogenated alkanes) is 2. The summed E-state index contributed by atoms with van der Waals surface area (Å²) < 4.78 is 1.87. The highest BCUT2D eigenvalue weighted by Crippen LogP contribution is 2.22. The molecule has 2 amide bonds. The summed E-state index contributed by atoms with van der Waals surface area (Å²) in [5, 5.41) is 14.7. The number of rotatable bonds is 7. The van der Waals surface area contributed by atoms with Gasteiger partial charge in [-0.1, -0.05) is 25.8 Å². The molecule has 1 aromatic carbocycles. The van der Waals surface area contributed by atoms with E-state index in [4.69, 9.17) is 5.26 Å². The molecule has 0 atom stereocenters. The molecule has 1 aromatic heterocycles.